The fourth-order valence-corrected chi connectivity index (χ4v) is 6.30. The van der Waals surface area contributed by atoms with Gasteiger partial charge in [-0.1, -0.05) is 76.3 Å². The zero-order valence-electron chi connectivity index (χ0n) is 26.4. The van der Waals surface area contributed by atoms with Crippen molar-refractivity contribution in [1.29, 1.82) is 0 Å². The van der Waals surface area contributed by atoms with E-state index < -0.39 is 0 Å². The number of aliphatic hydroxyl groups excluding tert-OH is 1. The fourth-order valence-electron chi connectivity index (χ4n) is 5.27. The predicted molar refractivity (Wildman–Crippen MR) is 173 cm³/mol. The van der Waals surface area contributed by atoms with Gasteiger partial charge < -0.3 is 10.1 Å². The molecule has 0 atom stereocenters. The second kappa shape index (κ2) is 13.4. The molecule has 3 heterocycles. The number of pyridine rings is 2. The molecule has 0 fully saturated rings. The van der Waals surface area contributed by atoms with E-state index in [1.165, 1.54) is 38.4 Å². The Balaban J connectivity index is 0.000000242. The zero-order valence-corrected chi connectivity index (χ0v) is 29.6. The first kappa shape index (κ1) is 34.0. The number of para-hydroxylation sites is 1. The Morgan fingerprint density at radius 2 is 1.55 bits per heavy atom. The van der Waals surface area contributed by atoms with E-state index in [0.717, 1.165) is 52.9 Å². The molecule has 0 amide bonds. The topological polar surface area (TPSA) is 63.1 Å². The molecule has 1 radical (unpaired) electrons. The van der Waals surface area contributed by atoms with E-state index >= 15 is 0 Å². The van der Waals surface area contributed by atoms with Crippen molar-refractivity contribution < 1.29 is 30.0 Å². The van der Waals surface area contributed by atoms with E-state index in [4.69, 9.17) is 9.97 Å². The van der Waals surface area contributed by atoms with E-state index in [0.29, 0.717) is 0 Å². The van der Waals surface area contributed by atoms with Crippen LogP contribution < -0.4 is 0 Å². The molecule has 42 heavy (non-hydrogen) atoms. The van der Waals surface area contributed by atoms with Crippen LogP contribution >= 0.6 is 11.8 Å². The summed E-state index contributed by atoms with van der Waals surface area (Å²) < 4.78 is 0. The minimum atomic E-state index is -0.337. The van der Waals surface area contributed by atoms with E-state index in [-0.39, 0.29) is 42.5 Å². The maximum atomic E-state index is 12.2. The number of nitrogens with zero attached hydrogens (tertiary/aromatic N) is 2. The normalized spacial score (nSPS) is 12.8. The number of fused-ring (bicyclic) bond motifs is 3. The molecule has 0 bridgehead atoms. The monoisotopic (exact) mass is 760 g/mol. The van der Waals surface area contributed by atoms with Gasteiger partial charge in [-0.15, -0.1) is 23.9 Å². The van der Waals surface area contributed by atoms with Gasteiger partial charge >= 0.3 is 0 Å². The van der Waals surface area contributed by atoms with Gasteiger partial charge in [0.2, 0.25) is 0 Å². The van der Waals surface area contributed by atoms with E-state index in [1.807, 2.05) is 47.7 Å². The van der Waals surface area contributed by atoms with Gasteiger partial charge in [-0.2, -0.15) is 0 Å². The molecule has 4 nitrogen and oxygen atoms in total. The summed E-state index contributed by atoms with van der Waals surface area (Å²) in [6, 6.07) is 14.2. The Labute approximate surface area is 269 Å². The summed E-state index contributed by atoms with van der Waals surface area (Å²) in [5.74, 6) is 0.286. The van der Waals surface area contributed by atoms with Crippen LogP contribution in [0.25, 0.3) is 32.9 Å². The summed E-state index contributed by atoms with van der Waals surface area (Å²) in [4.78, 5) is 23.1. The molecule has 2 aromatic carbocycles. The Bertz CT molecular complexity index is 1640. The molecular formula is C36H43IrN2O2S-. The van der Waals surface area contributed by atoms with Crippen molar-refractivity contribution in [3.63, 3.8) is 0 Å². The van der Waals surface area contributed by atoms with E-state index in [2.05, 4.69) is 57.2 Å². The van der Waals surface area contributed by atoms with Crippen LogP contribution in [0.15, 0.2) is 58.3 Å². The molecule has 0 spiro atoms. The van der Waals surface area contributed by atoms with Crippen molar-refractivity contribution >= 4 is 39.2 Å². The molecule has 0 unspecified atom stereocenters. The quantitative estimate of drug-likeness (QED) is 0.102. The first-order valence-corrected chi connectivity index (χ1v) is 15.6. The predicted octanol–water partition coefficient (Wildman–Crippen LogP) is 10.3. The largest absolute Gasteiger partial charge is 0.512 e. The standard InChI is InChI=1S/C21H15N2S.C15H28O2.Ir/c1-11-7-8-16-18-17(11)13(3)10-22-20(18)15-9-14-6-4-5-12(2)19(14)23-21(15)24-16;1-7-14(5,8-2)12(16)11-13(17)15(6,9-3)10-4;/h4-8,10H,1-3H3;11,16H,7-10H2,1-6H3;/q-1;;/b;12-11-;. The summed E-state index contributed by atoms with van der Waals surface area (Å²) in [6.45, 7) is 18.5. The number of aryl methyl sites for hydroxylation is 3. The number of allylic oxidation sites excluding steroid dienone is 2. The van der Waals surface area contributed by atoms with Crippen LogP contribution in [0.2, 0.25) is 0 Å². The Kier molecular flexibility index (Phi) is 10.8. The van der Waals surface area contributed by atoms with Gasteiger partial charge in [0, 0.05) is 58.8 Å². The van der Waals surface area contributed by atoms with Gasteiger partial charge in [0.15, 0.2) is 5.78 Å². The fraction of sp³-hybridized carbons (Fsp3) is 0.417. The third kappa shape index (κ3) is 6.23. The number of hydrogen-bond acceptors (Lipinski definition) is 5. The maximum Gasteiger partial charge on any atom is 0.164 e. The molecule has 225 valence electrons. The van der Waals surface area contributed by atoms with Crippen LogP contribution in [0, 0.1) is 37.7 Å². The third-order valence-electron chi connectivity index (χ3n) is 9.36. The number of aromatic nitrogens is 2. The molecule has 1 aliphatic rings. The SMILES string of the molecule is CCC(C)(CC)C(=O)/C=C(\O)C(C)(CC)CC.Cc1cccc2[c-]c3c(nc12)Sc1ccc(C)c2c(C)cnc-3c12.[Ir]. The van der Waals surface area contributed by atoms with Crippen LogP contribution in [-0.2, 0) is 24.9 Å². The van der Waals surface area contributed by atoms with Crippen molar-refractivity contribution in [2.45, 2.75) is 97.9 Å². The van der Waals surface area contributed by atoms with Gasteiger partial charge in [-0.3, -0.25) is 9.78 Å². The summed E-state index contributed by atoms with van der Waals surface area (Å²) >= 11 is 1.73. The molecule has 2 aromatic heterocycles. The van der Waals surface area contributed by atoms with Gasteiger partial charge in [0.25, 0.3) is 0 Å². The van der Waals surface area contributed by atoms with Crippen LogP contribution in [0.3, 0.4) is 0 Å². The Morgan fingerprint density at radius 1 is 0.905 bits per heavy atom. The average molecular weight is 760 g/mol. The maximum absolute atomic E-state index is 12.2. The second-order valence-corrected chi connectivity index (χ2v) is 12.9. The number of carbonyl (C=O) groups excluding carboxylic acids is 1. The zero-order chi connectivity index (χ0) is 30.1. The number of rotatable bonds is 7. The minimum absolute atomic E-state index is 0. The van der Waals surface area contributed by atoms with Gasteiger partial charge in [-0.05, 0) is 79.9 Å². The van der Waals surface area contributed by atoms with Crippen molar-refractivity contribution in [3.05, 3.63) is 71.1 Å². The van der Waals surface area contributed by atoms with Crippen molar-refractivity contribution in [3.8, 4) is 11.3 Å². The Morgan fingerprint density at radius 3 is 2.17 bits per heavy atom. The van der Waals surface area contributed by atoms with Crippen molar-refractivity contribution in [2.24, 2.45) is 10.8 Å². The molecule has 1 aliphatic heterocycles. The molecule has 0 saturated heterocycles. The first-order chi connectivity index (χ1) is 19.4. The molecule has 6 heteroatoms. The number of carbonyl (C=O) groups is 1. The summed E-state index contributed by atoms with van der Waals surface area (Å²) in [6.07, 6.45) is 6.73. The molecule has 0 aliphatic carbocycles. The smallest absolute Gasteiger partial charge is 0.164 e. The molecule has 0 saturated carbocycles. The van der Waals surface area contributed by atoms with Gasteiger partial charge in [0.05, 0.1) is 0 Å². The van der Waals surface area contributed by atoms with E-state index in [1.54, 1.807) is 11.8 Å². The number of aliphatic hydroxyl groups is 1. The molecular weight excluding hydrogens is 717 g/mol. The second-order valence-electron chi connectivity index (χ2n) is 11.8. The first-order valence-electron chi connectivity index (χ1n) is 14.8. The number of ketones is 1. The van der Waals surface area contributed by atoms with Crippen LogP contribution in [0.1, 0.15) is 83.9 Å². The van der Waals surface area contributed by atoms with Gasteiger partial charge in [-0.25, -0.2) is 0 Å². The summed E-state index contributed by atoms with van der Waals surface area (Å²) in [5.41, 5.74) is 6.17. The van der Waals surface area contributed by atoms with Crippen LogP contribution in [0.4, 0.5) is 0 Å². The number of hydrogen-bond donors (Lipinski definition) is 1. The van der Waals surface area contributed by atoms with Crippen LogP contribution in [-0.4, -0.2) is 20.9 Å². The molecule has 1 N–H and O–H groups in total. The Hall–Kier alpha value is -2.53. The molecule has 4 aromatic rings. The van der Waals surface area contributed by atoms with Crippen molar-refractivity contribution in [2.75, 3.05) is 0 Å². The summed E-state index contributed by atoms with van der Waals surface area (Å²) in [5, 5.41) is 14.8. The third-order valence-corrected chi connectivity index (χ3v) is 10.4. The van der Waals surface area contributed by atoms with Crippen molar-refractivity contribution in [1.82, 2.24) is 9.97 Å². The summed E-state index contributed by atoms with van der Waals surface area (Å²) in [7, 11) is 0. The van der Waals surface area contributed by atoms with Crippen LogP contribution in [0.5, 0.6) is 0 Å². The van der Waals surface area contributed by atoms with Gasteiger partial charge in [0.1, 0.15) is 5.76 Å². The number of benzene rings is 2. The molecule has 5 rings (SSSR count). The minimum Gasteiger partial charge on any atom is -0.512 e. The van der Waals surface area contributed by atoms with E-state index in [9.17, 15) is 9.90 Å². The average Bonchev–Trinajstić information content (AvgIpc) is 2.98.